The van der Waals surface area contributed by atoms with Gasteiger partial charge in [-0.25, -0.2) is 5.43 Å². The highest BCUT2D eigenvalue weighted by molar-refractivity contribution is 5.83. The van der Waals surface area contributed by atoms with Crippen LogP contribution >= 0.6 is 0 Å². The number of hydrazone groups is 1. The van der Waals surface area contributed by atoms with Crippen LogP contribution in [-0.2, 0) is 11.2 Å². The third kappa shape index (κ3) is 5.25. The number of carbonyl (C=O) groups excluding carboxylic acids is 1. The van der Waals surface area contributed by atoms with Crippen LogP contribution in [0.1, 0.15) is 29.2 Å². The highest BCUT2D eigenvalue weighted by Gasteiger charge is 2.03. The van der Waals surface area contributed by atoms with E-state index in [1.54, 1.807) is 6.21 Å². The SMILES string of the molecule is CCOc1ccc(C=NNC(=O)Cc2ccc(C)c(C)c2)cc1. The van der Waals surface area contributed by atoms with Crippen molar-refractivity contribution in [3.05, 3.63) is 64.7 Å². The highest BCUT2D eigenvalue weighted by atomic mass is 16.5. The number of nitrogens with one attached hydrogen (secondary N) is 1. The highest BCUT2D eigenvalue weighted by Crippen LogP contribution is 2.11. The van der Waals surface area contributed by atoms with Crippen LogP contribution in [0.25, 0.3) is 0 Å². The first-order valence-electron chi connectivity index (χ1n) is 7.69. The lowest BCUT2D eigenvalue weighted by Crippen LogP contribution is -2.19. The van der Waals surface area contributed by atoms with Gasteiger partial charge in [0.15, 0.2) is 0 Å². The molecule has 0 unspecified atom stereocenters. The second-order valence-corrected chi connectivity index (χ2v) is 5.39. The van der Waals surface area contributed by atoms with Crippen molar-refractivity contribution >= 4 is 12.1 Å². The van der Waals surface area contributed by atoms with Crippen LogP contribution in [-0.4, -0.2) is 18.7 Å². The first-order chi connectivity index (χ1) is 11.1. The number of ether oxygens (including phenoxy) is 1. The molecule has 4 heteroatoms. The van der Waals surface area contributed by atoms with Gasteiger partial charge in [0.05, 0.1) is 19.2 Å². The number of nitrogens with zero attached hydrogens (tertiary/aromatic N) is 1. The molecule has 0 spiro atoms. The van der Waals surface area contributed by atoms with E-state index in [0.29, 0.717) is 13.0 Å². The summed E-state index contributed by atoms with van der Waals surface area (Å²) >= 11 is 0. The summed E-state index contributed by atoms with van der Waals surface area (Å²) in [5.41, 5.74) is 6.86. The van der Waals surface area contributed by atoms with Gasteiger partial charge in [-0.1, -0.05) is 18.2 Å². The first-order valence-corrected chi connectivity index (χ1v) is 7.69. The van der Waals surface area contributed by atoms with Crippen LogP contribution in [0.5, 0.6) is 5.75 Å². The van der Waals surface area contributed by atoms with Crippen molar-refractivity contribution < 1.29 is 9.53 Å². The van der Waals surface area contributed by atoms with Crippen molar-refractivity contribution in [2.24, 2.45) is 5.10 Å². The minimum atomic E-state index is -0.129. The van der Waals surface area contributed by atoms with Crippen LogP contribution < -0.4 is 10.2 Å². The molecule has 23 heavy (non-hydrogen) atoms. The standard InChI is InChI=1S/C19H22N2O2/c1-4-23-18-9-7-16(8-10-18)13-20-21-19(22)12-17-6-5-14(2)15(3)11-17/h5-11,13H,4,12H2,1-3H3,(H,21,22). The fourth-order valence-corrected chi connectivity index (χ4v) is 2.13. The summed E-state index contributed by atoms with van der Waals surface area (Å²) in [4.78, 5) is 11.9. The Morgan fingerprint density at radius 2 is 1.87 bits per heavy atom. The van der Waals surface area contributed by atoms with Gasteiger partial charge in [0, 0.05) is 0 Å². The number of carbonyl (C=O) groups is 1. The Kier molecular flexibility index (Phi) is 5.92. The van der Waals surface area contributed by atoms with E-state index < -0.39 is 0 Å². The summed E-state index contributed by atoms with van der Waals surface area (Å²) < 4.78 is 5.37. The number of rotatable bonds is 6. The van der Waals surface area contributed by atoms with Crippen molar-refractivity contribution in [1.29, 1.82) is 0 Å². The van der Waals surface area contributed by atoms with Gasteiger partial charge in [-0.3, -0.25) is 4.79 Å². The first kappa shape index (κ1) is 16.7. The van der Waals surface area contributed by atoms with Crippen molar-refractivity contribution in [1.82, 2.24) is 5.43 Å². The molecule has 4 nitrogen and oxygen atoms in total. The molecule has 120 valence electrons. The Bertz CT molecular complexity index is 691. The molecule has 0 bridgehead atoms. The maximum atomic E-state index is 11.9. The number of hydrogen-bond donors (Lipinski definition) is 1. The molecule has 1 amide bonds. The number of amides is 1. The van der Waals surface area contributed by atoms with E-state index in [2.05, 4.69) is 17.5 Å². The number of benzene rings is 2. The van der Waals surface area contributed by atoms with Gasteiger partial charge >= 0.3 is 0 Å². The zero-order valence-corrected chi connectivity index (χ0v) is 13.8. The zero-order valence-electron chi connectivity index (χ0n) is 13.8. The number of hydrogen-bond acceptors (Lipinski definition) is 3. The van der Waals surface area contributed by atoms with Crippen molar-refractivity contribution in [2.45, 2.75) is 27.2 Å². The maximum absolute atomic E-state index is 11.9. The van der Waals surface area contributed by atoms with Crippen LogP contribution in [0.2, 0.25) is 0 Å². The lowest BCUT2D eigenvalue weighted by Gasteiger charge is -2.04. The molecular weight excluding hydrogens is 288 g/mol. The van der Waals surface area contributed by atoms with E-state index >= 15 is 0 Å². The molecule has 2 aromatic rings. The molecule has 0 aromatic heterocycles. The van der Waals surface area contributed by atoms with Gasteiger partial charge in [0.25, 0.3) is 0 Å². The minimum absolute atomic E-state index is 0.129. The fourth-order valence-electron chi connectivity index (χ4n) is 2.13. The molecule has 2 rings (SSSR count). The summed E-state index contributed by atoms with van der Waals surface area (Å²) in [7, 11) is 0. The van der Waals surface area contributed by atoms with E-state index in [4.69, 9.17) is 4.74 Å². The number of aryl methyl sites for hydroxylation is 2. The van der Waals surface area contributed by atoms with Crippen LogP contribution in [0, 0.1) is 13.8 Å². The Hall–Kier alpha value is -2.62. The average Bonchev–Trinajstić information content (AvgIpc) is 2.53. The molecule has 0 aliphatic heterocycles. The largest absolute Gasteiger partial charge is 0.494 e. The second-order valence-electron chi connectivity index (χ2n) is 5.39. The molecule has 0 saturated carbocycles. The van der Waals surface area contributed by atoms with E-state index in [1.165, 1.54) is 11.1 Å². The predicted octanol–water partition coefficient (Wildman–Crippen LogP) is 3.39. The monoisotopic (exact) mass is 310 g/mol. The quantitative estimate of drug-likeness (QED) is 0.657. The van der Waals surface area contributed by atoms with Crippen LogP contribution in [0.4, 0.5) is 0 Å². The van der Waals surface area contributed by atoms with E-state index in [-0.39, 0.29) is 5.91 Å². The van der Waals surface area contributed by atoms with Gasteiger partial charge in [0.2, 0.25) is 5.91 Å². The van der Waals surface area contributed by atoms with Crippen molar-refractivity contribution in [3.8, 4) is 5.75 Å². The van der Waals surface area contributed by atoms with Gasteiger partial charge in [-0.2, -0.15) is 5.10 Å². The van der Waals surface area contributed by atoms with Gasteiger partial charge in [-0.05, 0) is 67.3 Å². The van der Waals surface area contributed by atoms with Crippen LogP contribution in [0.15, 0.2) is 47.6 Å². The normalized spacial score (nSPS) is 10.7. The summed E-state index contributed by atoms with van der Waals surface area (Å²) in [6, 6.07) is 13.6. The molecule has 0 aliphatic rings. The smallest absolute Gasteiger partial charge is 0.244 e. The van der Waals surface area contributed by atoms with Crippen molar-refractivity contribution in [3.63, 3.8) is 0 Å². The molecular formula is C19H22N2O2. The molecule has 1 N–H and O–H groups in total. The fraction of sp³-hybridized carbons (Fsp3) is 0.263. The second kappa shape index (κ2) is 8.13. The lowest BCUT2D eigenvalue weighted by molar-refractivity contribution is -0.120. The van der Waals surface area contributed by atoms with E-state index in [9.17, 15) is 4.79 Å². The third-order valence-corrected chi connectivity index (χ3v) is 3.53. The van der Waals surface area contributed by atoms with Gasteiger partial charge in [0.1, 0.15) is 5.75 Å². The molecule has 0 saturated heterocycles. The summed E-state index contributed by atoms with van der Waals surface area (Å²) in [5.74, 6) is 0.693. The maximum Gasteiger partial charge on any atom is 0.244 e. The summed E-state index contributed by atoms with van der Waals surface area (Å²) in [6.07, 6.45) is 1.94. The molecule has 0 atom stereocenters. The van der Waals surface area contributed by atoms with Gasteiger partial charge < -0.3 is 4.74 Å². The molecule has 0 aliphatic carbocycles. The average molecular weight is 310 g/mol. The topological polar surface area (TPSA) is 50.7 Å². The van der Waals surface area contributed by atoms with E-state index in [0.717, 1.165) is 16.9 Å². The van der Waals surface area contributed by atoms with Crippen molar-refractivity contribution in [2.75, 3.05) is 6.61 Å². The Morgan fingerprint density at radius 1 is 1.13 bits per heavy atom. The summed E-state index contributed by atoms with van der Waals surface area (Å²) in [5, 5.41) is 3.99. The molecule has 2 aromatic carbocycles. The molecule has 0 fully saturated rings. The third-order valence-electron chi connectivity index (χ3n) is 3.53. The zero-order chi connectivity index (χ0) is 16.7. The van der Waals surface area contributed by atoms with Gasteiger partial charge in [-0.15, -0.1) is 0 Å². The van der Waals surface area contributed by atoms with Crippen LogP contribution in [0.3, 0.4) is 0 Å². The Balaban J connectivity index is 1.86. The lowest BCUT2D eigenvalue weighted by atomic mass is 10.0. The molecule has 0 heterocycles. The molecule has 0 radical (unpaired) electrons. The predicted molar refractivity (Wildman–Crippen MR) is 93.0 cm³/mol. The summed E-state index contributed by atoms with van der Waals surface area (Å²) in [6.45, 7) is 6.68. The Morgan fingerprint density at radius 3 is 2.52 bits per heavy atom. The minimum Gasteiger partial charge on any atom is -0.494 e. The Labute approximate surface area is 137 Å². The van der Waals surface area contributed by atoms with E-state index in [1.807, 2.05) is 56.3 Å².